The zero-order chi connectivity index (χ0) is 13.8. The number of ether oxygens (including phenoxy) is 1. The van der Waals surface area contributed by atoms with E-state index in [0.717, 1.165) is 6.54 Å². The Morgan fingerprint density at radius 1 is 1.33 bits per heavy atom. The highest BCUT2D eigenvalue weighted by molar-refractivity contribution is 5.27. The Morgan fingerprint density at radius 2 is 2.00 bits per heavy atom. The molecule has 2 nitrogen and oxygen atoms in total. The molecule has 3 heteroatoms. The smallest absolute Gasteiger partial charge is 0.129 e. The van der Waals surface area contributed by atoms with Gasteiger partial charge in [0.1, 0.15) is 11.6 Å². The molecule has 0 saturated carbocycles. The van der Waals surface area contributed by atoms with Crippen LogP contribution in [0.1, 0.15) is 33.3 Å². The van der Waals surface area contributed by atoms with Gasteiger partial charge in [-0.3, -0.25) is 0 Å². The molecule has 0 heterocycles. The van der Waals surface area contributed by atoms with Crippen molar-refractivity contribution in [3.63, 3.8) is 0 Å². The number of hydrogen-bond acceptors (Lipinski definition) is 2. The minimum atomic E-state index is -0.215. The van der Waals surface area contributed by atoms with E-state index in [4.69, 9.17) is 4.74 Å². The monoisotopic (exact) mass is 253 g/mol. The second-order valence-electron chi connectivity index (χ2n) is 5.96. The molecule has 1 aromatic carbocycles. The molecule has 0 amide bonds. The van der Waals surface area contributed by atoms with Crippen LogP contribution < -0.4 is 10.1 Å². The van der Waals surface area contributed by atoms with Gasteiger partial charge in [0, 0.05) is 24.1 Å². The van der Waals surface area contributed by atoms with E-state index in [1.807, 2.05) is 6.07 Å². The molecule has 0 fully saturated rings. The Morgan fingerprint density at radius 3 is 2.56 bits per heavy atom. The summed E-state index contributed by atoms with van der Waals surface area (Å²) in [5.74, 6) is 0.766. The molecule has 18 heavy (non-hydrogen) atoms. The largest absolute Gasteiger partial charge is 0.493 e. The number of benzene rings is 1. The summed E-state index contributed by atoms with van der Waals surface area (Å²) in [6, 6.07) is 4.99. The van der Waals surface area contributed by atoms with Gasteiger partial charge in [-0.05, 0) is 39.3 Å². The Hall–Kier alpha value is -1.09. The molecule has 102 valence electrons. The molecule has 0 aliphatic heterocycles. The molecular weight excluding hydrogens is 229 g/mol. The summed E-state index contributed by atoms with van der Waals surface area (Å²) in [4.78, 5) is 0. The lowest BCUT2D eigenvalue weighted by Gasteiger charge is -2.23. The van der Waals surface area contributed by atoms with Gasteiger partial charge in [0.15, 0.2) is 0 Å². The first kappa shape index (κ1) is 15.0. The molecule has 1 rings (SSSR count). The molecule has 1 atom stereocenters. The molecule has 0 saturated heterocycles. The maximum atomic E-state index is 13.3. The van der Waals surface area contributed by atoms with Gasteiger partial charge in [-0.1, -0.05) is 13.0 Å². The Bertz CT molecular complexity index is 385. The van der Waals surface area contributed by atoms with Crippen molar-refractivity contribution < 1.29 is 9.13 Å². The SMILES string of the molecule is Cc1ccc(OCC(C)CNC(C)(C)C)cc1F. The molecular formula is C15H24FNO. The number of nitrogens with one attached hydrogen (secondary N) is 1. The molecule has 1 N–H and O–H groups in total. The molecule has 0 aliphatic rings. The standard InChI is InChI=1S/C15H24FNO/c1-11(9-17-15(3,4)5)10-18-13-7-6-12(2)14(16)8-13/h6-8,11,17H,9-10H2,1-5H3. The fraction of sp³-hybridized carbons (Fsp3) is 0.600. The Kier molecular flexibility index (Phi) is 5.15. The average molecular weight is 253 g/mol. The van der Waals surface area contributed by atoms with Crippen molar-refractivity contribution >= 4 is 0 Å². The summed E-state index contributed by atoms with van der Waals surface area (Å²) in [5.41, 5.74) is 0.759. The zero-order valence-electron chi connectivity index (χ0n) is 12.0. The lowest BCUT2D eigenvalue weighted by atomic mass is 10.1. The van der Waals surface area contributed by atoms with Gasteiger partial charge >= 0.3 is 0 Å². The quantitative estimate of drug-likeness (QED) is 0.866. The van der Waals surface area contributed by atoms with E-state index in [2.05, 4.69) is 33.0 Å². The van der Waals surface area contributed by atoms with Crippen molar-refractivity contribution in [1.82, 2.24) is 5.32 Å². The summed E-state index contributed by atoms with van der Waals surface area (Å²) >= 11 is 0. The number of hydrogen-bond donors (Lipinski definition) is 1. The van der Waals surface area contributed by atoms with Crippen molar-refractivity contribution in [2.45, 2.75) is 40.2 Å². The first-order valence-electron chi connectivity index (χ1n) is 6.42. The zero-order valence-corrected chi connectivity index (χ0v) is 12.0. The number of aryl methyl sites for hydroxylation is 1. The highest BCUT2D eigenvalue weighted by atomic mass is 19.1. The molecule has 0 bridgehead atoms. The van der Waals surface area contributed by atoms with E-state index in [1.165, 1.54) is 6.07 Å². The molecule has 0 spiro atoms. The second-order valence-corrected chi connectivity index (χ2v) is 5.96. The fourth-order valence-corrected chi connectivity index (χ4v) is 1.44. The molecule has 0 aliphatic carbocycles. The minimum absolute atomic E-state index is 0.115. The van der Waals surface area contributed by atoms with Crippen molar-refractivity contribution in [3.8, 4) is 5.75 Å². The van der Waals surface area contributed by atoms with Crippen molar-refractivity contribution in [2.75, 3.05) is 13.2 Å². The normalized spacial score (nSPS) is 13.4. The highest BCUT2D eigenvalue weighted by Gasteiger charge is 2.11. The molecule has 1 aromatic rings. The summed E-state index contributed by atoms with van der Waals surface area (Å²) in [6.07, 6.45) is 0. The maximum Gasteiger partial charge on any atom is 0.129 e. The van der Waals surface area contributed by atoms with Gasteiger partial charge in [-0.25, -0.2) is 4.39 Å². The Labute approximate surface area is 110 Å². The van der Waals surface area contributed by atoms with Crippen LogP contribution in [0.3, 0.4) is 0 Å². The van der Waals surface area contributed by atoms with E-state index in [1.54, 1.807) is 13.0 Å². The van der Waals surface area contributed by atoms with Crippen LogP contribution in [-0.2, 0) is 0 Å². The van der Waals surface area contributed by atoms with Gasteiger partial charge < -0.3 is 10.1 Å². The summed E-state index contributed by atoms with van der Waals surface area (Å²) < 4.78 is 18.9. The van der Waals surface area contributed by atoms with Crippen molar-refractivity contribution in [3.05, 3.63) is 29.6 Å². The second kappa shape index (κ2) is 6.19. The van der Waals surface area contributed by atoms with Crippen LogP contribution in [-0.4, -0.2) is 18.7 Å². The lowest BCUT2D eigenvalue weighted by Crippen LogP contribution is -2.39. The molecule has 0 radical (unpaired) electrons. The third-order valence-electron chi connectivity index (χ3n) is 2.66. The topological polar surface area (TPSA) is 21.3 Å². The van der Waals surface area contributed by atoms with E-state index < -0.39 is 0 Å². The third-order valence-corrected chi connectivity index (χ3v) is 2.66. The van der Waals surface area contributed by atoms with Crippen LogP contribution in [0, 0.1) is 18.7 Å². The Balaban J connectivity index is 2.38. The first-order valence-corrected chi connectivity index (χ1v) is 6.42. The summed E-state index contributed by atoms with van der Waals surface area (Å²) in [7, 11) is 0. The van der Waals surface area contributed by atoms with E-state index >= 15 is 0 Å². The molecule has 1 unspecified atom stereocenters. The number of halogens is 1. The number of rotatable bonds is 5. The molecule has 0 aromatic heterocycles. The first-order chi connectivity index (χ1) is 8.28. The van der Waals surface area contributed by atoms with Crippen LogP contribution in [0.15, 0.2) is 18.2 Å². The van der Waals surface area contributed by atoms with Gasteiger partial charge in [0.2, 0.25) is 0 Å². The van der Waals surface area contributed by atoms with Crippen LogP contribution in [0.25, 0.3) is 0 Å². The lowest BCUT2D eigenvalue weighted by molar-refractivity contribution is 0.243. The third kappa shape index (κ3) is 5.50. The highest BCUT2D eigenvalue weighted by Crippen LogP contribution is 2.16. The van der Waals surface area contributed by atoms with Crippen molar-refractivity contribution in [2.24, 2.45) is 5.92 Å². The summed E-state index contributed by atoms with van der Waals surface area (Å²) in [6.45, 7) is 11.7. The van der Waals surface area contributed by atoms with Crippen LogP contribution >= 0.6 is 0 Å². The van der Waals surface area contributed by atoms with Crippen LogP contribution in [0.2, 0.25) is 0 Å². The van der Waals surface area contributed by atoms with Gasteiger partial charge in [-0.2, -0.15) is 0 Å². The van der Waals surface area contributed by atoms with E-state index in [0.29, 0.717) is 23.8 Å². The van der Waals surface area contributed by atoms with E-state index in [-0.39, 0.29) is 11.4 Å². The van der Waals surface area contributed by atoms with Gasteiger partial charge in [-0.15, -0.1) is 0 Å². The van der Waals surface area contributed by atoms with Crippen LogP contribution in [0.4, 0.5) is 4.39 Å². The summed E-state index contributed by atoms with van der Waals surface area (Å²) in [5, 5.41) is 3.42. The van der Waals surface area contributed by atoms with Crippen molar-refractivity contribution in [1.29, 1.82) is 0 Å². The van der Waals surface area contributed by atoms with E-state index in [9.17, 15) is 4.39 Å². The van der Waals surface area contributed by atoms with Crippen LogP contribution in [0.5, 0.6) is 5.75 Å². The minimum Gasteiger partial charge on any atom is -0.493 e. The fourth-order valence-electron chi connectivity index (χ4n) is 1.44. The maximum absolute atomic E-state index is 13.3. The van der Waals surface area contributed by atoms with Gasteiger partial charge in [0.25, 0.3) is 0 Å². The predicted octanol–water partition coefficient (Wildman–Crippen LogP) is 3.54. The average Bonchev–Trinajstić information content (AvgIpc) is 2.27. The predicted molar refractivity (Wildman–Crippen MR) is 73.6 cm³/mol. The van der Waals surface area contributed by atoms with Gasteiger partial charge in [0.05, 0.1) is 6.61 Å².